The van der Waals surface area contributed by atoms with E-state index in [1.165, 1.54) is 5.56 Å². The van der Waals surface area contributed by atoms with Crippen LogP contribution >= 0.6 is 0 Å². The number of rotatable bonds is 6. The van der Waals surface area contributed by atoms with Crippen molar-refractivity contribution in [3.05, 3.63) is 60.1 Å². The van der Waals surface area contributed by atoms with Gasteiger partial charge < -0.3 is 15.2 Å². The van der Waals surface area contributed by atoms with Gasteiger partial charge in [-0.15, -0.1) is 0 Å². The van der Waals surface area contributed by atoms with Crippen LogP contribution in [0, 0.1) is 5.92 Å². The maximum Gasteiger partial charge on any atom is 0.244 e. The van der Waals surface area contributed by atoms with Crippen molar-refractivity contribution in [3.8, 4) is 11.4 Å². The summed E-state index contributed by atoms with van der Waals surface area (Å²) in [5.74, 6) is 1.87. The van der Waals surface area contributed by atoms with Crippen LogP contribution in [0.15, 0.2) is 53.2 Å². The minimum absolute atomic E-state index is 0.0422. The van der Waals surface area contributed by atoms with Crippen molar-refractivity contribution in [2.45, 2.75) is 38.3 Å². The number of hydrogen-bond donors (Lipinski definition) is 1. The van der Waals surface area contributed by atoms with Crippen LogP contribution in [0.3, 0.4) is 0 Å². The number of nitrogens with two attached hydrogens (primary N) is 1. The lowest BCUT2D eigenvalue weighted by Gasteiger charge is -2.31. The summed E-state index contributed by atoms with van der Waals surface area (Å²) in [4.78, 5) is 25.3. The fourth-order valence-electron chi connectivity index (χ4n) is 4.72. The van der Waals surface area contributed by atoms with Crippen LogP contribution in [-0.2, 0) is 11.3 Å². The van der Waals surface area contributed by atoms with Crippen LogP contribution in [0.2, 0.25) is 0 Å². The molecule has 0 radical (unpaired) electrons. The predicted octanol–water partition coefficient (Wildman–Crippen LogP) is 3.17. The number of amides is 1. The van der Waals surface area contributed by atoms with Crippen molar-refractivity contribution in [3.63, 3.8) is 0 Å². The second-order valence-corrected chi connectivity index (χ2v) is 8.64. The summed E-state index contributed by atoms with van der Waals surface area (Å²) in [5, 5.41) is 4.27. The van der Waals surface area contributed by atoms with E-state index in [0.717, 1.165) is 63.2 Å². The summed E-state index contributed by atoms with van der Waals surface area (Å²) in [6, 6.07) is 14.5. The Morgan fingerprint density at radius 3 is 2.69 bits per heavy atom. The molecular formula is C24H28N6O2. The van der Waals surface area contributed by atoms with Crippen molar-refractivity contribution < 1.29 is 9.32 Å². The van der Waals surface area contributed by atoms with Crippen molar-refractivity contribution in [2.24, 2.45) is 11.7 Å². The van der Waals surface area contributed by atoms with Crippen molar-refractivity contribution in [2.75, 3.05) is 24.5 Å². The maximum atomic E-state index is 11.4. The highest BCUT2D eigenvalue weighted by molar-refractivity contribution is 5.77. The lowest BCUT2D eigenvalue weighted by molar-refractivity contribution is -0.122. The topological polar surface area (TPSA) is 101 Å². The third-order valence-corrected chi connectivity index (χ3v) is 6.54. The molecule has 2 aliphatic rings. The number of nitrogens with zero attached hydrogens (tertiary/aromatic N) is 5. The molecule has 0 aliphatic carbocycles. The molecule has 3 aromatic rings. The Balaban J connectivity index is 1.29. The summed E-state index contributed by atoms with van der Waals surface area (Å²) in [6.45, 7) is 3.43. The fourth-order valence-corrected chi connectivity index (χ4v) is 4.72. The highest BCUT2D eigenvalue weighted by Crippen LogP contribution is 2.33. The second kappa shape index (κ2) is 9.08. The van der Waals surface area contributed by atoms with E-state index >= 15 is 0 Å². The first-order chi connectivity index (χ1) is 15.7. The quantitative estimate of drug-likeness (QED) is 0.638. The van der Waals surface area contributed by atoms with E-state index < -0.39 is 0 Å². The molecule has 2 aromatic heterocycles. The minimum Gasteiger partial charge on any atom is -0.369 e. The molecule has 1 unspecified atom stereocenters. The summed E-state index contributed by atoms with van der Waals surface area (Å²) >= 11 is 0. The first-order valence-electron chi connectivity index (χ1n) is 11.3. The van der Waals surface area contributed by atoms with Gasteiger partial charge in [0.25, 0.3) is 0 Å². The molecule has 1 amide bonds. The Morgan fingerprint density at radius 2 is 1.91 bits per heavy atom. The summed E-state index contributed by atoms with van der Waals surface area (Å²) in [6.07, 6.45) is 5.43. The maximum absolute atomic E-state index is 11.4. The molecular weight excluding hydrogens is 404 g/mol. The van der Waals surface area contributed by atoms with Crippen LogP contribution in [0.5, 0.6) is 0 Å². The zero-order valence-electron chi connectivity index (χ0n) is 18.1. The van der Waals surface area contributed by atoms with Gasteiger partial charge in [-0.1, -0.05) is 35.5 Å². The van der Waals surface area contributed by atoms with Gasteiger partial charge in [0.2, 0.25) is 17.6 Å². The molecule has 8 nitrogen and oxygen atoms in total. The van der Waals surface area contributed by atoms with E-state index in [0.29, 0.717) is 11.7 Å². The molecule has 4 heterocycles. The molecule has 2 saturated heterocycles. The number of carbonyl (C=O) groups is 1. The molecule has 2 aliphatic heterocycles. The Bertz CT molecular complexity index is 1060. The lowest BCUT2D eigenvalue weighted by atomic mass is 9.96. The Hall–Kier alpha value is -3.26. The molecule has 0 bridgehead atoms. The van der Waals surface area contributed by atoms with Crippen molar-refractivity contribution in [1.82, 2.24) is 20.0 Å². The summed E-state index contributed by atoms with van der Waals surface area (Å²) < 4.78 is 5.71. The first-order valence-corrected chi connectivity index (χ1v) is 11.3. The average Bonchev–Trinajstić information content (AvgIpc) is 3.49. The van der Waals surface area contributed by atoms with Crippen LogP contribution in [0.25, 0.3) is 11.4 Å². The van der Waals surface area contributed by atoms with E-state index in [9.17, 15) is 4.79 Å². The molecule has 1 atom stereocenters. The number of carbonyl (C=O) groups excluding carboxylic acids is 1. The van der Waals surface area contributed by atoms with E-state index in [-0.39, 0.29) is 17.9 Å². The fraction of sp³-hybridized carbons (Fsp3) is 0.417. The second-order valence-electron chi connectivity index (χ2n) is 8.64. The monoisotopic (exact) mass is 432 g/mol. The molecule has 2 N–H and O–H groups in total. The molecule has 1 aromatic carbocycles. The molecule has 32 heavy (non-hydrogen) atoms. The van der Waals surface area contributed by atoms with Crippen LogP contribution in [0.1, 0.15) is 43.2 Å². The van der Waals surface area contributed by atoms with Crippen LogP contribution < -0.4 is 10.6 Å². The van der Waals surface area contributed by atoms with Gasteiger partial charge in [0.15, 0.2) is 0 Å². The van der Waals surface area contributed by atoms with Gasteiger partial charge in [0.05, 0.1) is 6.04 Å². The number of pyridine rings is 1. The number of piperidine rings is 1. The first kappa shape index (κ1) is 20.6. The normalized spacial score (nSPS) is 20.0. The van der Waals surface area contributed by atoms with Crippen molar-refractivity contribution in [1.29, 1.82) is 0 Å². The smallest absolute Gasteiger partial charge is 0.244 e. The van der Waals surface area contributed by atoms with Gasteiger partial charge in [-0.2, -0.15) is 4.98 Å². The Labute approximate surface area is 187 Å². The highest BCUT2D eigenvalue weighted by Gasteiger charge is 2.31. The molecule has 8 heteroatoms. The standard InChI is InChI=1S/C24H28N6O2/c25-22(31)18-9-13-29(14-10-18)21-15-19(8-11-26-21)23-27-24(32-28-23)20-7-4-12-30(20)16-17-5-2-1-3-6-17/h1-3,5-6,8,11,15,18,20H,4,7,9-10,12-14,16H2,(H2,25,31). The average molecular weight is 433 g/mol. The van der Waals surface area contributed by atoms with Gasteiger partial charge in [-0.3, -0.25) is 9.69 Å². The predicted molar refractivity (Wildman–Crippen MR) is 120 cm³/mol. The number of hydrogen-bond acceptors (Lipinski definition) is 7. The molecule has 0 spiro atoms. The Morgan fingerprint density at radius 1 is 1.09 bits per heavy atom. The van der Waals surface area contributed by atoms with E-state index in [1.54, 1.807) is 6.20 Å². The summed E-state index contributed by atoms with van der Waals surface area (Å²) in [5.41, 5.74) is 7.63. The van der Waals surface area contributed by atoms with E-state index in [1.807, 2.05) is 18.2 Å². The largest absolute Gasteiger partial charge is 0.369 e. The SMILES string of the molecule is NC(=O)C1CCN(c2cc(-c3noc(C4CCCN4Cc4ccccc4)n3)ccn2)CC1. The number of anilines is 1. The molecule has 0 saturated carbocycles. The van der Waals surface area contributed by atoms with Crippen molar-refractivity contribution >= 4 is 11.7 Å². The molecule has 2 fully saturated rings. The van der Waals surface area contributed by atoms with Gasteiger partial charge in [0.1, 0.15) is 5.82 Å². The number of aromatic nitrogens is 3. The van der Waals surface area contributed by atoms with E-state index in [2.05, 4.69) is 44.2 Å². The van der Waals surface area contributed by atoms with Crippen LogP contribution in [0.4, 0.5) is 5.82 Å². The molecule has 5 rings (SSSR count). The third kappa shape index (κ3) is 4.36. The minimum atomic E-state index is -0.209. The zero-order valence-corrected chi connectivity index (χ0v) is 18.1. The molecule has 166 valence electrons. The lowest BCUT2D eigenvalue weighted by Crippen LogP contribution is -2.38. The third-order valence-electron chi connectivity index (χ3n) is 6.54. The summed E-state index contributed by atoms with van der Waals surface area (Å²) in [7, 11) is 0. The number of primary amides is 1. The zero-order chi connectivity index (χ0) is 21.9. The van der Waals surface area contributed by atoms with Gasteiger partial charge in [-0.25, -0.2) is 4.98 Å². The number of benzene rings is 1. The van der Waals surface area contributed by atoms with Gasteiger partial charge in [0, 0.05) is 37.3 Å². The number of likely N-dealkylation sites (tertiary alicyclic amines) is 1. The van der Waals surface area contributed by atoms with Gasteiger partial charge >= 0.3 is 0 Å². The van der Waals surface area contributed by atoms with Gasteiger partial charge in [-0.05, 0) is 49.9 Å². The van der Waals surface area contributed by atoms with Crippen LogP contribution in [-0.4, -0.2) is 45.6 Å². The Kier molecular flexibility index (Phi) is 5.85. The highest BCUT2D eigenvalue weighted by atomic mass is 16.5. The van der Waals surface area contributed by atoms with E-state index in [4.69, 9.17) is 15.2 Å².